The molecule has 5 heteroatoms. The second kappa shape index (κ2) is 9.00. The summed E-state index contributed by atoms with van der Waals surface area (Å²) in [6, 6.07) is 16.9. The monoisotopic (exact) mass is 369 g/mol. The van der Waals surface area contributed by atoms with Gasteiger partial charge in [0.05, 0.1) is 11.7 Å². The highest BCUT2D eigenvalue weighted by Crippen LogP contribution is 2.21. The van der Waals surface area contributed by atoms with Crippen LogP contribution in [0.2, 0.25) is 0 Å². The average molecular weight is 369 g/mol. The van der Waals surface area contributed by atoms with E-state index < -0.39 is 0 Å². The fraction of sp³-hybridized carbons (Fsp3) is 0.409. The molecule has 0 aliphatic carbocycles. The molecule has 4 nitrogen and oxygen atoms in total. The van der Waals surface area contributed by atoms with E-state index in [1.165, 1.54) is 11.6 Å². The van der Waals surface area contributed by atoms with Crippen LogP contribution in [0.4, 0.5) is 10.1 Å². The smallest absolute Gasteiger partial charge is 0.237 e. The van der Waals surface area contributed by atoms with E-state index in [4.69, 9.17) is 0 Å². The lowest BCUT2D eigenvalue weighted by Crippen LogP contribution is -2.54. The molecular formula is C22H28FN3O. The minimum Gasteiger partial charge on any atom is -0.367 e. The summed E-state index contributed by atoms with van der Waals surface area (Å²) >= 11 is 0. The third-order valence-electron chi connectivity index (χ3n) is 5.39. The van der Waals surface area contributed by atoms with Gasteiger partial charge in [-0.3, -0.25) is 9.69 Å². The van der Waals surface area contributed by atoms with Crippen LogP contribution < -0.4 is 10.2 Å². The molecule has 2 atom stereocenters. The van der Waals surface area contributed by atoms with Crippen LogP contribution in [0.3, 0.4) is 0 Å². The number of benzene rings is 2. The Kier molecular flexibility index (Phi) is 6.45. The van der Waals surface area contributed by atoms with E-state index in [2.05, 4.69) is 29.3 Å². The molecule has 2 unspecified atom stereocenters. The van der Waals surface area contributed by atoms with Crippen molar-refractivity contribution < 1.29 is 9.18 Å². The van der Waals surface area contributed by atoms with E-state index >= 15 is 0 Å². The number of hydrogen-bond acceptors (Lipinski definition) is 3. The standard InChI is InChI=1S/C22H28FN3O/c1-17(19-8-4-3-5-9-19)16-24-22(27)18(2)25-12-14-26(15-13-25)21-11-7-6-10-20(21)23/h3-11,17-18H,12-16H2,1-2H3,(H,24,27). The zero-order valence-corrected chi connectivity index (χ0v) is 16.1. The Hall–Kier alpha value is -2.40. The van der Waals surface area contributed by atoms with Gasteiger partial charge in [-0.2, -0.15) is 0 Å². The maximum Gasteiger partial charge on any atom is 0.237 e. The van der Waals surface area contributed by atoms with Crippen molar-refractivity contribution in [3.63, 3.8) is 0 Å². The molecule has 1 amide bonds. The first-order valence-electron chi connectivity index (χ1n) is 9.62. The van der Waals surface area contributed by atoms with E-state index in [9.17, 15) is 9.18 Å². The largest absolute Gasteiger partial charge is 0.367 e. The Morgan fingerprint density at radius 1 is 1.00 bits per heavy atom. The van der Waals surface area contributed by atoms with Crippen LogP contribution >= 0.6 is 0 Å². The lowest BCUT2D eigenvalue weighted by atomic mass is 10.0. The third-order valence-corrected chi connectivity index (χ3v) is 5.39. The first kappa shape index (κ1) is 19.4. The number of nitrogens with zero attached hydrogens (tertiary/aromatic N) is 2. The second-order valence-corrected chi connectivity index (χ2v) is 7.21. The number of carbonyl (C=O) groups is 1. The SMILES string of the molecule is CC(CNC(=O)C(C)N1CCN(c2ccccc2F)CC1)c1ccccc1. The van der Waals surface area contributed by atoms with Gasteiger partial charge >= 0.3 is 0 Å². The highest BCUT2D eigenvalue weighted by Gasteiger charge is 2.26. The molecule has 1 aliphatic heterocycles. The van der Waals surface area contributed by atoms with Crippen molar-refractivity contribution in [2.24, 2.45) is 0 Å². The zero-order chi connectivity index (χ0) is 19.2. The highest BCUT2D eigenvalue weighted by molar-refractivity contribution is 5.81. The Morgan fingerprint density at radius 2 is 1.63 bits per heavy atom. The normalized spacial score (nSPS) is 17.4. The number of halogens is 1. The van der Waals surface area contributed by atoms with Gasteiger partial charge in [-0.05, 0) is 30.5 Å². The zero-order valence-electron chi connectivity index (χ0n) is 16.1. The molecule has 27 heavy (non-hydrogen) atoms. The molecule has 0 radical (unpaired) electrons. The highest BCUT2D eigenvalue weighted by atomic mass is 19.1. The van der Waals surface area contributed by atoms with Gasteiger partial charge in [0.15, 0.2) is 0 Å². The van der Waals surface area contributed by atoms with Crippen LogP contribution in [0.5, 0.6) is 0 Å². The van der Waals surface area contributed by atoms with E-state index in [1.54, 1.807) is 6.07 Å². The fourth-order valence-electron chi connectivity index (χ4n) is 3.52. The van der Waals surface area contributed by atoms with E-state index in [1.807, 2.05) is 42.2 Å². The molecule has 2 aromatic rings. The van der Waals surface area contributed by atoms with Crippen molar-refractivity contribution in [1.29, 1.82) is 0 Å². The number of nitrogens with one attached hydrogen (secondary N) is 1. The Bertz CT molecular complexity index is 744. The van der Waals surface area contributed by atoms with Crippen molar-refractivity contribution >= 4 is 11.6 Å². The van der Waals surface area contributed by atoms with Crippen molar-refractivity contribution in [1.82, 2.24) is 10.2 Å². The van der Waals surface area contributed by atoms with E-state index in [0.717, 1.165) is 26.2 Å². The van der Waals surface area contributed by atoms with Crippen molar-refractivity contribution in [3.05, 3.63) is 66.0 Å². The molecule has 0 aromatic heterocycles. The van der Waals surface area contributed by atoms with Gasteiger partial charge in [-0.15, -0.1) is 0 Å². The maximum absolute atomic E-state index is 14.0. The van der Waals surface area contributed by atoms with Gasteiger partial charge in [-0.1, -0.05) is 49.4 Å². The van der Waals surface area contributed by atoms with Crippen LogP contribution in [0.1, 0.15) is 25.3 Å². The predicted octanol–water partition coefficient (Wildman–Crippen LogP) is 3.26. The van der Waals surface area contributed by atoms with Crippen molar-refractivity contribution in [2.45, 2.75) is 25.8 Å². The van der Waals surface area contributed by atoms with Gasteiger partial charge in [0.25, 0.3) is 0 Å². The fourth-order valence-corrected chi connectivity index (χ4v) is 3.52. The average Bonchev–Trinajstić information content (AvgIpc) is 2.72. The summed E-state index contributed by atoms with van der Waals surface area (Å²) in [6.45, 7) is 7.63. The quantitative estimate of drug-likeness (QED) is 0.849. The molecule has 0 bridgehead atoms. The van der Waals surface area contributed by atoms with Crippen LogP contribution in [-0.4, -0.2) is 49.6 Å². The van der Waals surface area contributed by atoms with Crippen molar-refractivity contribution in [3.8, 4) is 0 Å². The Morgan fingerprint density at radius 3 is 2.30 bits per heavy atom. The Balaban J connectivity index is 1.48. The summed E-state index contributed by atoms with van der Waals surface area (Å²) in [5.41, 5.74) is 1.87. The summed E-state index contributed by atoms with van der Waals surface area (Å²) in [6.07, 6.45) is 0. The summed E-state index contributed by atoms with van der Waals surface area (Å²) < 4.78 is 14.0. The summed E-state index contributed by atoms with van der Waals surface area (Å²) in [7, 11) is 0. The summed E-state index contributed by atoms with van der Waals surface area (Å²) in [5, 5.41) is 3.08. The van der Waals surface area contributed by atoms with Crippen LogP contribution in [0.15, 0.2) is 54.6 Å². The maximum atomic E-state index is 14.0. The number of para-hydroxylation sites is 1. The number of amides is 1. The molecule has 1 saturated heterocycles. The molecule has 0 saturated carbocycles. The van der Waals surface area contributed by atoms with Gasteiger partial charge in [0.2, 0.25) is 5.91 Å². The summed E-state index contributed by atoms with van der Waals surface area (Å²) in [5.74, 6) is 0.143. The summed E-state index contributed by atoms with van der Waals surface area (Å²) in [4.78, 5) is 16.8. The second-order valence-electron chi connectivity index (χ2n) is 7.21. The minimum atomic E-state index is -0.188. The van der Waals surface area contributed by atoms with Crippen LogP contribution in [-0.2, 0) is 4.79 Å². The van der Waals surface area contributed by atoms with Crippen LogP contribution in [0.25, 0.3) is 0 Å². The molecule has 1 fully saturated rings. The molecular weight excluding hydrogens is 341 g/mol. The number of piperazine rings is 1. The van der Waals surface area contributed by atoms with Gasteiger partial charge in [-0.25, -0.2) is 4.39 Å². The third kappa shape index (κ3) is 4.86. The minimum absolute atomic E-state index is 0.0529. The predicted molar refractivity (Wildman–Crippen MR) is 108 cm³/mol. The number of rotatable bonds is 6. The molecule has 1 heterocycles. The van der Waals surface area contributed by atoms with Gasteiger partial charge in [0.1, 0.15) is 5.82 Å². The molecule has 0 spiro atoms. The topological polar surface area (TPSA) is 35.6 Å². The van der Waals surface area contributed by atoms with Crippen LogP contribution in [0, 0.1) is 5.82 Å². The molecule has 2 aromatic carbocycles. The van der Waals surface area contributed by atoms with E-state index in [-0.39, 0.29) is 23.7 Å². The number of carbonyl (C=O) groups excluding carboxylic acids is 1. The lowest BCUT2D eigenvalue weighted by Gasteiger charge is -2.38. The van der Waals surface area contributed by atoms with Gasteiger partial charge < -0.3 is 10.2 Å². The van der Waals surface area contributed by atoms with Gasteiger partial charge in [0, 0.05) is 32.7 Å². The molecule has 1 aliphatic rings. The lowest BCUT2D eigenvalue weighted by molar-refractivity contribution is -0.126. The number of anilines is 1. The van der Waals surface area contributed by atoms with E-state index in [0.29, 0.717) is 12.2 Å². The van der Waals surface area contributed by atoms with Crippen molar-refractivity contribution in [2.75, 3.05) is 37.6 Å². The first-order valence-corrected chi connectivity index (χ1v) is 9.62. The molecule has 1 N–H and O–H groups in total. The Labute approximate surface area is 161 Å². The number of hydrogen-bond donors (Lipinski definition) is 1. The molecule has 144 valence electrons. The molecule has 3 rings (SSSR count). The first-order chi connectivity index (χ1) is 13.1.